The highest BCUT2D eigenvalue weighted by Crippen LogP contribution is 2.26. The molecule has 0 spiro atoms. The Labute approximate surface area is 170 Å². The molecule has 3 N–H and O–H groups in total. The molecule has 144 valence electrons. The summed E-state index contributed by atoms with van der Waals surface area (Å²) in [6.45, 7) is 2.09. The predicted molar refractivity (Wildman–Crippen MR) is 119 cm³/mol. The lowest BCUT2D eigenvalue weighted by molar-refractivity contribution is 0.409. The average molecular weight is 393 g/mol. The molecule has 4 nitrogen and oxygen atoms in total. The Morgan fingerprint density at radius 2 is 1.89 bits per heavy atom. The smallest absolute Gasteiger partial charge is 0.154 e. The molecule has 0 radical (unpaired) electrons. The summed E-state index contributed by atoms with van der Waals surface area (Å²) < 4.78 is 0. The third-order valence-corrected chi connectivity index (χ3v) is 5.47. The van der Waals surface area contributed by atoms with Crippen LogP contribution in [0.1, 0.15) is 42.6 Å². The Hall–Kier alpha value is -2.43. The number of nitrogens with one attached hydrogen (secondary N) is 1. The van der Waals surface area contributed by atoms with Crippen LogP contribution in [0.15, 0.2) is 42.5 Å². The monoisotopic (exact) mass is 392 g/mol. The van der Waals surface area contributed by atoms with Crippen molar-refractivity contribution in [3.8, 4) is 0 Å². The molecule has 0 aliphatic heterocycles. The highest BCUT2D eigenvalue weighted by molar-refractivity contribution is 6.30. The molecule has 1 saturated carbocycles. The zero-order valence-electron chi connectivity index (χ0n) is 16.0. The van der Waals surface area contributed by atoms with Crippen molar-refractivity contribution in [2.24, 2.45) is 5.73 Å². The summed E-state index contributed by atoms with van der Waals surface area (Å²) in [4.78, 5) is 9.55. The second-order valence-corrected chi connectivity index (χ2v) is 8.04. The molecule has 2 atom stereocenters. The zero-order chi connectivity index (χ0) is 19.5. The van der Waals surface area contributed by atoms with Crippen molar-refractivity contribution in [2.45, 2.75) is 44.7 Å². The van der Waals surface area contributed by atoms with Crippen LogP contribution in [0.2, 0.25) is 5.02 Å². The van der Waals surface area contributed by atoms with Crippen LogP contribution in [0.5, 0.6) is 0 Å². The minimum Gasteiger partial charge on any atom is -0.367 e. The lowest BCUT2D eigenvalue weighted by atomic mass is 9.91. The SMILES string of the molecule is Cc1ccc2nc(C=Cc3ccc(Cl)cc3)nc(NC3CCCC(N)C3)c2c1. The molecule has 5 heteroatoms. The fourth-order valence-electron chi connectivity index (χ4n) is 3.74. The summed E-state index contributed by atoms with van der Waals surface area (Å²) >= 11 is 5.96. The van der Waals surface area contributed by atoms with Gasteiger partial charge in [0.05, 0.1) is 5.52 Å². The van der Waals surface area contributed by atoms with E-state index in [4.69, 9.17) is 27.3 Å². The summed E-state index contributed by atoms with van der Waals surface area (Å²) in [7, 11) is 0. The number of halogens is 1. The lowest BCUT2D eigenvalue weighted by Crippen LogP contribution is -2.35. The van der Waals surface area contributed by atoms with Crippen LogP contribution in [-0.4, -0.2) is 22.1 Å². The van der Waals surface area contributed by atoms with E-state index in [0.717, 1.165) is 53.0 Å². The molecule has 0 saturated heterocycles. The third kappa shape index (κ3) is 4.51. The molecule has 4 rings (SSSR count). The van der Waals surface area contributed by atoms with E-state index in [1.165, 1.54) is 5.56 Å². The van der Waals surface area contributed by atoms with Gasteiger partial charge >= 0.3 is 0 Å². The van der Waals surface area contributed by atoms with E-state index < -0.39 is 0 Å². The van der Waals surface area contributed by atoms with Gasteiger partial charge in [0.15, 0.2) is 5.82 Å². The second kappa shape index (κ2) is 8.29. The maximum atomic E-state index is 6.17. The normalized spacial score (nSPS) is 20.0. The van der Waals surface area contributed by atoms with E-state index in [0.29, 0.717) is 11.9 Å². The molecule has 1 heterocycles. The summed E-state index contributed by atoms with van der Waals surface area (Å²) in [6, 6.07) is 14.6. The van der Waals surface area contributed by atoms with Gasteiger partial charge in [-0.25, -0.2) is 9.97 Å². The van der Waals surface area contributed by atoms with E-state index in [2.05, 4.69) is 30.4 Å². The van der Waals surface area contributed by atoms with Crippen LogP contribution in [0.25, 0.3) is 23.1 Å². The summed E-state index contributed by atoms with van der Waals surface area (Å²) in [6.07, 6.45) is 8.32. The van der Waals surface area contributed by atoms with Crippen molar-refractivity contribution in [3.05, 3.63) is 64.4 Å². The molecular formula is C23H25ClN4. The fourth-order valence-corrected chi connectivity index (χ4v) is 3.87. The molecule has 1 fully saturated rings. The van der Waals surface area contributed by atoms with Gasteiger partial charge in [-0.3, -0.25) is 0 Å². The van der Waals surface area contributed by atoms with Gasteiger partial charge < -0.3 is 11.1 Å². The largest absolute Gasteiger partial charge is 0.367 e. The molecule has 1 aliphatic rings. The van der Waals surface area contributed by atoms with Crippen molar-refractivity contribution in [1.82, 2.24) is 9.97 Å². The van der Waals surface area contributed by atoms with Crippen molar-refractivity contribution in [2.75, 3.05) is 5.32 Å². The summed E-state index contributed by atoms with van der Waals surface area (Å²) in [5, 5.41) is 5.43. The van der Waals surface area contributed by atoms with Gasteiger partial charge in [-0.05, 0) is 68.5 Å². The van der Waals surface area contributed by atoms with Crippen LogP contribution < -0.4 is 11.1 Å². The van der Waals surface area contributed by atoms with E-state index in [-0.39, 0.29) is 6.04 Å². The Bertz CT molecular complexity index is 997. The predicted octanol–water partition coefficient (Wildman–Crippen LogP) is 5.44. The Balaban J connectivity index is 1.67. The number of hydrogen-bond acceptors (Lipinski definition) is 4. The van der Waals surface area contributed by atoms with Crippen LogP contribution in [-0.2, 0) is 0 Å². The van der Waals surface area contributed by atoms with Gasteiger partial charge in [0, 0.05) is 22.5 Å². The molecular weight excluding hydrogens is 368 g/mol. The molecule has 2 unspecified atom stereocenters. The second-order valence-electron chi connectivity index (χ2n) is 7.60. The van der Waals surface area contributed by atoms with Crippen LogP contribution >= 0.6 is 11.6 Å². The van der Waals surface area contributed by atoms with Crippen LogP contribution in [0, 0.1) is 6.92 Å². The molecule has 28 heavy (non-hydrogen) atoms. The highest BCUT2D eigenvalue weighted by atomic mass is 35.5. The number of aromatic nitrogens is 2. The van der Waals surface area contributed by atoms with Gasteiger partial charge in [-0.15, -0.1) is 0 Å². The molecule has 0 bridgehead atoms. The Morgan fingerprint density at radius 1 is 1.07 bits per heavy atom. The zero-order valence-corrected chi connectivity index (χ0v) is 16.8. The number of rotatable bonds is 4. The third-order valence-electron chi connectivity index (χ3n) is 5.22. The van der Waals surface area contributed by atoms with Crippen molar-refractivity contribution < 1.29 is 0 Å². The van der Waals surface area contributed by atoms with Crippen molar-refractivity contribution >= 4 is 40.5 Å². The molecule has 2 aromatic carbocycles. The first-order valence-corrected chi connectivity index (χ1v) is 10.2. The average Bonchev–Trinajstić information content (AvgIpc) is 2.68. The minimum absolute atomic E-state index is 0.269. The fraction of sp³-hybridized carbons (Fsp3) is 0.304. The van der Waals surface area contributed by atoms with E-state index in [1.54, 1.807) is 0 Å². The number of nitrogens with two attached hydrogens (primary N) is 1. The van der Waals surface area contributed by atoms with E-state index in [9.17, 15) is 0 Å². The standard InChI is InChI=1S/C23H25ClN4/c1-15-5-11-21-20(13-15)23(26-19-4-2-3-18(25)14-19)28-22(27-21)12-8-16-6-9-17(24)10-7-16/h5-13,18-19H,2-4,14,25H2,1H3,(H,26,27,28). The topological polar surface area (TPSA) is 63.8 Å². The van der Waals surface area contributed by atoms with Gasteiger partial charge in [-0.1, -0.05) is 41.4 Å². The van der Waals surface area contributed by atoms with Crippen molar-refractivity contribution in [1.29, 1.82) is 0 Å². The molecule has 1 aromatic heterocycles. The summed E-state index contributed by atoms with van der Waals surface area (Å²) in [5.74, 6) is 1.58. The molecule has 1 aliphatic carbocycles. The van der Waals surface area contributed by atoms with Crippen molar-refractivity contribution in [3.63, 3.8) is 0 Å². The van der Waals surface area contributed by atoms with Gasteiger partial charge in [-0.2, -0.15) is 0 Å². The molecule has 0 amide bonds. The van der Waals surface area contributed by atoms with Crippen LogP contribution in [0.4, 0.5) is 5.82 Å². The Kier molecular flexibility index (Phi) is 5.60. The number of aryl methyl sites for hydroxylation is 1. The number of hydrogen-bond donors (Lipinski definition) is 2. The van der Waals surface area contributed by atoms with E-state index in [1.807, 2.05) is 36.4 Å². The van der Waals surface area contributed by atoms with Crippen LogP contribution in [0.3, 0.4) is 0 Å². The lowest BCUT2D eigenvalue weighted by Gasteiger charge is -2.28. The number of anilines is 1. The maximum absolute atomic E-state index is 6.17. The minimum atomic E-state index is 0.269. The quantitative estimate of drug-likeness (QED) is 0.620. The first-order valence-electron chi connectivity index (χ1n) is 9.81. The maximum Gasteiger partial charge on any atom is 0.154 e. The van der Waals surface area contributed by atoms with Gasteiger partial charge in [0.1, 0.15) is 5.82 Å². The van der Waals surface area contributed by atoms with Gasteiger partial charge in [0.25, 0.3) is 0 Å². The molecule has 3 aromatic rings. The van der Waals surface area contributed by atoms with Gasteiger partial charge in [0.2, 0.25) is 0 Å². The Morgan fingerprint density at radius 3 is 2.68 bits per heavy atom. The number of fused-ring (bicyclic) bond motifs is 1. The highest BCUT2D eigenvalue weighted by Gasteiger charge is 2.20. The number of benzene rings is 2. The number of nitrogens with zero attached hydrogens (tertiary/aromatic N) is 2. The van der Waals surface area contributed by atoms with E-state index >= 15 is 0 Å². The first-order chi connectivity index (χ1) is 13.6. The summed E-state index contributed by atoms with van der Waals surface area (Å²) in [5.41, 5.74) is 9.38. The first kappa shape index (κ1) is 18.9.